The molecule has 0 aromatic heterocycles. The summed E-state index contributed by atoms with van der Waals surface area (Å²) in [7, 11) is 1.90. The first-order chi connectivity index (χ1) is 11.1. The summed E-state index contributed by atoms with van der Waals surface area (Å²) in [6.45, 7) is 10.9. The van der Waals surface area contributed by atoms with Crippen molar-refractivity contribution in [1.29, 1.82) is 0 Å². The second kappa shape index (κ2) is 11.2. The Morgan fingerprint density at radius 3 is 2.78 bits per heavy atom. The van der Waals surface area contributed by atoms with Crippen LogP contribution in [0.15, 0.2) is 35.9 Å². The molecule has 0 aliphatic rings. The molecular formula is C18H30N4S. The monoisotopic (exact) mass is 334 g/mol. The highest BCUT2D eigenvalue weighted by Gasteiger charge is 2.04. The topological polar surface area (TPSA) is 62.1 Å². The highest BCUT2D eigenvalue weighted by molar-refractivity contribution is 8.01. The number of unbranched alkanes of at least 4 members (excludes halogenated alkanes) is 1. The summed E-state index contributed by atoms with van der Waals surface area (Å²) in [5.74, 6) is 0. The minimum Gasteiger partial charge on any atom is -0.393 e. The van der Waals surface area contributed by atoms with Gasteiger partial charge in [0.15, 0.2) is 0 Å². The van der Waals surface area contributed by atoms with E-state index in [4.69, 9.17) is 5.73 Å². The normalized spacial score (nSPS) is 11.4. The van der Waals surface area contributed by atoms with Gasteiger partial charge in [-0.05, 0) is 74.0 Å². The zero-order valence-corrected chi connectivity index (χ0v) is 15.4. The molecule has 23 heavy (non-hydrogen) atoms. The molecule has 0 fully saturated rings. The van der Waals surface area contributed by atoms with Gasteiger partial charge < -0.3 is 16.4 Å². The zero-order valence-electron chi connectivity index (χ0n) is 14.5. The van der Waals surface area contributed by atoms with Crippen LogP contribution in [0.2, 0.25) is 0 Å². The quantitative estimate of drug-likeness (QED) is 0.369. The summed E-state index contributed by atoms with van der Waals surface area (Å²) in [6.07, 6.45) is 4.13. The van der Waals surface area contributed by atoms with E-state index in [9.17, 15) is 0 Å². The molecule has 0 saturated carbocycles. The number of rotatable bonds is 11. The van der Waals surface area contributed by atoms with Crippen molar-refractivity contribution in [3.05, 3.63) is 47.0 Å². The summed E-state index contributed by atoms with van der Waals surface area (Å²) in [6, 6.07) is 6.45. The largest absolute Gasteiger partial charge is 0.393 e. The SMILES string of the molecule is C=C(CNS/C(C)=C\NC)c1ccc(NCCCCN)cc1C. The van der Waals surface area contributed by atoms with E-state index < -0.39 is 0 Å². The van der Waals surface area contributed by atoms with E-state index in [2.05, 4.69) is 54.0 Å². The van der Waals surface area contributed by atoms with Gasteiger partial charge in [-0.3, -0.25) is 4.72 Å². The molecule has 5 N–H and O–H groups in total. The molecule has 1 aromatic rings. The molecule has 0 heterocycles. The number of nitrogens with one attached hydrogen (secondary N) is 3. The average molecular weight is 335 g/mol. The lowest BCUT2D eigenvalue weighted by Gasteiger charge is -2.13. The number of nitrogens with two attached hydrogens (primary N) is 1. The van der Waals surface area contributed by atoms with E-state index in [1.54, 1.807) is 11.9 Å². The Morgan fingerprint density at radius 1 is 1.35 bits per heavy atom. The minimum absolute atomic E-state index is 0.754. The smallest absolute Gasteiger partial charge is 0.0343 e. The highest BCUT2D eigenvalue weighted by Crippen LogP contribution is 2.22. The molecule has 0 radical (unpaired) electrons. The summed E-state index contributed by atoms with van der Waals surface area (Å²) in [5.41, 5.74) is 10.2. The third kappa shape index (κ3) is 7.59. The first kappa shape index (κ1) is 19.6. The number of allylic oxidation sites excluding steroid dienone is 1. The molecule has 0 unspecified atom stereocenters. The highest BCUT2D eigenvalue weighted by atomic mass is 32.2. The van der Waals surface area contributed by atoms with Gasteiger partial charge in [0.25, 0.3) is 0 Å². The second-order valence-corrected chi connectivity index (χ2v) is 6.66. The Labute approximate surface area is 145 Å². The van der Waals surface area contributed by atoms with E-state index in [1.165, 1.54) is 16.0 Å². The first-order valence-electron chi connectivity index (χ1n) is 8.05. The summed E-state index contributed by atoms with van der Waals surface area (Å²) < 4.78 is 3.34. The minimum atomic E-state index is 0.754. The Bertz CT molecular complexity index is 526. The molecule has 0 aliphatic heterocycles. The van der Waals surface area contributed by atoms with E-state index in [1.807, 2.05) is 13.2 Å². The predicted octanol–water partition coefficient (Wildman–Crippen LogP) is 3.48. The fraction of sp³-hybridized carbons (Fsp3) is 0.444. The molecule has 0 bridgehead atoms. The number of hydrogen-bond acceptors (Lipinski definition) is 5. The van der Waals surface area contributed by atoms with Gasteiger partial charge in [-0.1, -0.05) is 12.6 Å². The number of benzene rings is 1. The fourth-order valence-electron chi connectivity index (χ4n) is 2.24. The Hall–Kier alpha value is -1.43. The van der Waals surface area contributed by atoms with Gasteiger partial charge in [0.05, 0.1) is 0 Å². The Morgan fingerprint density at radius 2 is 2.13 bits per heavy atom. The molecule has 1 rings (SSSR count). The van der Waals surface area contributed by atoms with Crippen LogP contribution in [0.5, 0.6) is 0 Å². The molecule has 4 nitrogen and oxygen atoms in total. The molecule has 128 valence electrons. The van der Waals surface area contributed by atoms with Gasteiger partial charge >= 0.3 is 0 Å². The Kier molecular flexibility index (Phi) is 9.52. The summed E-state index contributed by atoms with van der Waals surface area (Å²) in [5, 5.41) is 6.46. The molecule has 1 aromatic carbocycles. The van der Waals surface area contributed by atoms with Crippen molar-refractivity contribution in [3.8, 4) is 0 Å². The van der Waals surface area contributed by atoms with Gasteiger partial charge in [0.1, 0.15) is 0 Å². The predicted molar refractivity (Wildman–Crippen MR) is 105 cm³/mol. The van der Waals surface area contributed by atoms with Crippen LogP contribution in [0.1, 0.15) is 30.9 Å². The third-order valence-electron chi connectivity index (χ3n) is 3.43. The lowest BCUT2D eigenvalue weighted by atomic mass is 10.0. The van der Waals surface area contributed by atoms with Crippen LogP contribution >= 0.6 is 11.9 Å². The van der Waals surface area contributed by atoms with Gasteiger partial charge in [0.2, 0.25) is 0 Å². The van der Waals surface area contributed by atoms with E-state index >= 15 is 0 Å². The van der Waals surface area contributed by atoms with Crippen LogP contribution in [0.4, 0.5) is 5.69 Å². The summed E-state index contributed by atoms with van der Waals surface area (Å²) in [4.78, 5) is 1.19. The fourth-order valence-corrected chi connectivity index (χ4v) is 2.89. The van der Waals surface area contributed by atoms with Gasteiger partial charge in [-0.25, -0.2) is 0 Å². The molecule has 0 amide bonds. The van der Waals surface area contributed by atoms with Crippen LogP contribution in [-0.4, -0.2) is 26.7 Å². The van der Waals surface area contributed by atoms with Crippen LogP contribution < -0.4 is 21.1 Å². The maximum atomic E-state index is 5.51. The van der Waals surface area contributed by atoms with Crippen LogP contribution in [0, 0.1) is 6.92 Å². The number of hydrogen-bond donors (Lipinski definition) is 4. The first-order valence-corrected chi connectivity index (χ1v) is 8.86. The molecule has 0 spiro atoms. The lowest BCUT2D eigenvalue weighted by molar-refractivity contribution is 0.774. The van der Waals surface area contributed by atoms with E-state index in [0.29, 0.717) is 0 Å². The van der Waals surface area contributed by atoms with E-state index in [0.717, 1.165) is 43.7 Å². The van der Waals surface area contributed by atoms with Crippen LogP contribution in [0.3, 0.4) is 0 Å². The van der Waals surface area contributed by atoms with Crippen molar-refractivity contribution in [1.82, 2.24) is 10.0 Å². The molecule has 0 saturated heterocycles. The van der Waals surface area contributed by atoms with Crippen molar-refractivity contribution in [2.45, 2.75) is 26.7 Å². The van der Waals surface area contributed by atoms with Crippen LogP contribution in [-0.2, 0) is 0 Å². The van der Waals surface area contributed by atoms with Gasteiger partial charge in [-0.15, -0.1) is 0 Å². The zero-order chi connectivity index (χ0) is 17.1. The van der Waals surface area contributed by atoms with Crippen molar-refractivity contribution in [3.63, 3.8) is 0 Å². The van der Waals surface area contributed by atoms with Gasteiger partial charge in [-0.2, -0.15) is 0 Å². The van der Waals surface area contributed by atoms with Crippen molar-refractivity contribution in [2.24, 2.45) is 5.73 Å². The van der Waals surface area contributed by atoms with Crippen molar-refractivity contribution < 1.29 is 0 Å². The Balaban J connectivity index is 2.49. The molecule has 0 aliphatic carbocycles. The lowest BCUT2D eigenvalue weighted by Crippen LogP contribution is -2.09. The number of anilines is 1. The molecule has 0 atom stereocenters. The van der Waals surface area contributed by atoms with Crippen LogP contribution in [0.25, 0.3) is 5.57 Å². The maximum absolute atomic E-state index is 5.51. The van der Waals surface area contributed by atoms with Crippen molar-refractivity contribution in [2.75, 3.05) is 32.0 Å². The van der Waals surface area contributed by atoms with E-state index in [-0.39, 0.29) is 0 Å². The maximum Gasteiger partial charge on any atom is 0.0343 e. The van der Waals surface area contributed by atoms with Gasteiger partial charge in [0, 0.05) is 36.9 Å². The average Bonchev–Trinajstić information content (AvgIpc) is 2.52. The molecule has 5 heteroatoms. The standard InChI is InChI=1S/C18H30N4S/c1-14-11-17(21-10-6-5-9-19)7-8-18(14)15(2)12-22-23-16(3)13-20-4/h7-8,11,13,20-22H,2,5-6,9-10,12,19H2,1,3-4H3/b16-13-. The number of aryl methyl sites for hydroxylation is 1. The van der Waals surface area contributed by atoms with Crippen molar-refractivity contribution >= 4 is 23.2 Å². The molecular weight excluding hydrogens is 304 g/mol. The third-order valence-corrected chi connectivity index (χ3v) is 4.16. The summed E-state index contributed by atoms with van der Waals surface area (Å²) >= 11 is 1.61. The second-order valence-electron chi connectivity index (χ2n) is 5.52.